The molecule has 1 aromatic carbocycles. The highest BCUT2D eigenvalue weighted by atomic mass is 79.9. The molecule has 3 nitrogen and oxygen atoms in total. The quantitative estimate of drug-likeness (QED) is 0.845. The number of nitrogens with zero attached hydrogens (tertiary/aromatic N) is 2. The van der Waals surface area contributed by atoms with Gasteiger partial charge in [-0.3, -0.25) is 4.68 Å². The van der Waals surface area contributed by atoms with Crippen LogP contribution in [0.1, 0.15) is 24.1 Å². The molecule has 2 aromatic rings. The van der Waals surface area contributed by atoms with E-state index in [2.05, 4.69) is 67.5 Å². The minimum absolute atomic E-state index is 0.279. The second kappa shape index (κ2) is 6.68. The number of rotatable bonds is 5. The Morgan fingerprint density at radius 1 is 1.37 bits per heavy atom. The van der Waals surface area contributed by atoms with Crippen molar-refractivity contribution < 1.29 is 0 Å². The fourth-order valence-corrected chi connectivity index (χ4v) is 3.03. The number of aromatic nitrogens is 2. The zero-order valence-corrected chi connectivity index (χ0v) is 14.2. The minimum atomic E-state index is 0.279. The lowest BCUT2D eigenvalue weighted by atomic mass is 10.0. The van der Waals surface area contributed by atoms with Crippen LogP contribution < -0.4 is 5.32 Å². The van der Waals surface area contributed by atoms with Crippen LogP contribution in [0.4, 0.5) is 0 Å². The molecule has 0 radical (unpaired) electrons. The zero-order valence-electron chi connectivity index (χ0n) is 11.0. The Morgan fingerprint density at radius 3 is 2.79 bits per heavy atom. The second-order valence-corrected chi connectivity index (χ2v) is 6.27. The molecular formula is C14H17Br2N3. The van der Waals surface area contributed by atoms with E-state index in [1.54, 1.807) is 0 Å². The Kier molecular flexibility index (Phi) is 5.19. The molecule has 2 rings (SSSR count). The second-order valence-electron chi connectivity index (χ2n) is 4.50. The van der Waals surface area contributed by atoms with E-state index in [0.29, 0.717) is 0 Å². The van der Waals surface area contributed by atoms with E-state index < -0.39 is 0 Å². The largest absolute Gasteiger partial charge is 0.310 e. The van der Waals surface area contributed by atoms with Gasteiger partial charge in [-0.2, -0.15) is 5.10 Å². The third-order valence-electron chi connectivity index (χ3n) is 2.98. The molecule has 1 atom stereocenters. The van der Waals surface area contributed by atoms with Gasteiger partial charge in [0.05, 0.1) is 6.20 Å². The number of halogens is 2. The van der Waals surface area contributed by atoms with Crippen molar-refractivity contribution in [1.29, 1.82) is 0 Å². The first kappa shape index (κ1) is 14.8. The molecule has 0 saturated carbocycles. The van der Waals surface area contributed by atoms with Gasteiger partial charge >= 0.3 is 0 Å². The van der Waals surface area contributed by atoms with E-state index >= 15 is 0 Å². The summed E-state index contributed by atoms with van der Waals surface area (Å²) >= 11 is 7.18. The highest BCUT2D eigenvalue weighted by Gasteiger charge is 2.15. The molecule has 0 aliphatic heterocycles. The van der Waals surface area contributed by atoms with Gasteiger partial charge in [0.25, 0.3) is 0 Å². The number of hydrogen-bond acceptors (Lipinski definition) is 2. The zero-order chi connectivity index (χ0) is 13.8. The number of nitrogens with one attached hydrogen (secondary N) is 1. The predicted molar refractivity (Wildman–Crippen MR) is 85.2 cm³/mol. The molecular weight excluding hydrogens is 370 g/mol. The number of aryl methyl sites for hydroxylation is 1. The molecule has 102 valence electrons. The molecule has 0 bridgehead atoms. The highest BCUT2D eigenvalue weighted by molar-refractivity contribution is 9.11. The van der Waals surface area contributed by atoms with Crippen molar-refractivity contribution in [1.82, 2.24) is 15.1 Å². The Balaban J connectivity index is 2.26. The molecule has 1 heterocycles. The monoisotopic (exact) mass is 385 g/mol. The summed E-state index contributed by atoms with van der Waals surface area (Å²) in [5, 5.41) is 7.77. The third kappa shape index (κ3) is 3.91. The highest BCUT2D eigenvalue weighted by Crippen LogP contribution is 2.29. The Bertz CT molecular complexity index is 551. The van der Waals surface area contributed by atoms with Gasteiger partial charge in [-0.25, -0.2) is 0 Å². The smallest absolute Gasteiger partial charge is 0.0522 e. The van der Waals surface area contributed by atoms with Crippen molar-refractivity contribution in [2.24, 2.45) is 7.05 Å². The van der Waals surface area contributed by atoms with Gasteiger partial charge < -0.3 is 5.32 Å². The maximum atomic E-state index is 4.23. The summed E-state index contributed by atoms with van der Waals surface area (Å²) in [6, 6.07) is 6.56. The molecule has 0 aliphatic carbocycles. The summed E-state index contributed by atoms with van der Waals surface area (Å²) in [6.07, 6.45) is 4.92. The normalized spacial score (nSPS) is 12.6. The molecule has 0 fully saturated rings. The molecule has 5 heteroatoms. The van der Waals surface area contributed by atoms with E-state index in [1.807, 2.05) is 24.0 Å². The van der Waals surface area contributed by atoms with Gasteiger partial charge in [0, 0.05) is 28.2 Å². The van der Waals surface area contributed by atoms with Gasteiger partial charge in [0.2, 0.25) is 0 Å². The predicted octanol–water partition coefficient (Wildman–Crippen LogP) is 3.84. The number of hydrogen-bond donors (Lipinski definition) is 1. The molecule has 1 aromatic heterocycles. The summed E-state index contributed by atoms with van der Waals surface area (Å²) < 4.78 is 4.07. The van der Waals surface area contributed by atoms with Crippen molar-refractivity contribution in [3.05, 3.63) is 50.7 Å². The van der Waals surface area contributed by atoms with Crippen LogP contribution in [0.3, 0.4) is 0 Å². The first-order valence-corrected chi connectivity index (χ1v) is 7.84. The van der Waals surface area contributed by atoms with E-state index in [-0.39, 0.29) is 6.04 Å². The van der Waals surface area contributed by atoms with Gasteiger partial charge in [0.1, 0.15) is 0 Å². The summed E-state index contributed by atoms with van der Waals surface area (Å²) in [7, 11) is 1.95. The molecule has 0 spiro atoms. The summed E-state index contributed by atoms with van der Waals surface area (Å²) in [5.41, 5.74) is 2.50. The fraction of sp³-hybridized carbons (Fsp3) is 0.357. The minimum Gasteiger partial charge on any atom is -0.310 e. The standard InChI is InChI=1S/C14H17Br2N3/c1-3-17-14(6-10-8-18-19(2)9-10)12-7-11(15)4-5-13(12)16/h4-5,7-9,14,17H,3,6H2,1-2H3. The van der Waals surface area contributed by atoms with Crippen LogP contribution in [0.5, 0.6) is 0 Å². The Labute approximate surface area is 130 Å². The molecule has 0 aliphatic rings. The van der Waals surface area contributed by atoms with Gasteiger partial charge in [-0.1, -0.05) is 38.8 Å². The molecule has 0 amide bonds. The molecule has 1 N–H and O–H groups in total. The van der Waals surface area contributed by atoms with Crippen LogP contribution in [0, 0.1) is 0 Å². The van der Waals surface area contributed by atoms with Crippen molar-refractivity contribution in [3.8, 4) is 0 Å². The summed E-state index contributed by atoms with van der Waals surface area (Å²) in [5.74, 6) is 0. The van der Waals surface area contributed by atoms with Crippen LogP contribution in [0.25, 0.3) is 0 Å². The lowest BCUT2D eigenvalue weighted by Crippen LogP contribution is -2.23. The van der Waals surface area contributed by atoms with E-state index in [0.717, 1.165) is 21.9 Å². The first-order chi connectivity index (χ1) is 9.10. The Morgan fingerprint density at radius 2 is 2.16 bits per heavy atom. The Hall–Kier alpha value is -0.650. The van der Waals surface area contributed by atoms with E-state index in [4.69, 9.17) is 0 Å². The molecule has 1 unspecified atom stereocenters. The van der Waals surface area contributed by atoms with Gasteiger partial charge in [-0.15, -0.1) is 0 Å². The lowest BCUT2D eigenvalue weighted by Gasteiger charge is -2.19. The number of likely N-dealkylation sites (N-methyl/N-ethyl adjacent to an activating group) is 1. The summed E-state index contributed by atoms with van der Waals surface area (Å²) in [4.78, 5) is 0. The molecule has 19 heavy (non-hydrogen) atoms. The van der Waals surface area contributed by atoms with Crippen molar-refractivity contribution in [3.63, 3.8) is 0 Å². The number of benzene rings is 1. The van der Waals surface area contributed by atoms with Crippen LogP contribution in [-0.2, 0) is 13.5 Å². The fourth-order valence-electron chi connectivity index (χ4n) is 2.13. The average Bonchev–Trinajstić information content (AvgIpc) is 2.77. The summed E-state index contributed by atoms with van der Waals surface area (Å²) in [6.45, 7) is 3.06. The molecule has 0 saturated heterocycles. The van der Waals surface area contributed by atoms with E-state index in [9.17, 15) is 0 Å². The van der Waals surface area contributed by atoms with Crippen LogP contribution >= 0.6 is 31.9 Å². The van der Waals surface area contributed by atoms with Crippen molar-refractivity contribution in [2.75, 3.05) is 6.54 Å². The maximum absolute atomic E-state index is 4.23. The topological polar surface area (TPSA) is 29.9 Å². The third-order valence-corrected chi connectivity index (χ3v) is 4.20. The van der Waals surface area contributed by atoms with Crippen LogP contribution in [-0.4, -0.2) is 16.3 Å². The van der Waals surface area contributed by atoms with Crippen molar-refractivity contribution >= 4 is 31.9 Å². The van der Waals surface area contributed by atoms with Crippen molar-refractivity contribution in [2.45, 2.75) is 19.4 Å². The van der Waals surface area contributed by atoms with Gasteiger partial charge in [-0.05, 0) is 42.3 Å². The SMILES string of the molecule is CCNC(Cc1cnn(C)c1)c1cc(Br)ccc1Br. The van der Waals surface area contributed by atoms with E-state index in [1.165, 1.54) is 11.1 Å². The van der Waals surface area contributed by atoms with Gasteiger partial charge in [0.15, 0.2) is 0 Å². The lowest BCUT2D eigenvalue weighted by molar-refractivity contribution is 0.547. The average molecular weight is 387 g/mol. The first-order valence-electron chi connectivity index (χ1n) is 6.26. The van der Waals surface area contributed by atoms with Crippen LogP contribution in [0.2, 0.25) is 0 Å². The maximum Gasteiger partial charge on any atom is 0.0522 e. The van der Waals surface area contributed by atoms with Crippen LogP contribution in [0.15, 0.2) is 39.5 Å².